The van der Waals surface area contributed by atoms with Gasteiger partial charge < -0.3 is 5.73 Å². The highest BCUT2D eigenvalue weighted by atomic mass is 19.1. The molecule has 0 saturated carbocycles. The highest BCUT2D eigenvalue weighted by Crippen LogP contribution is 2.24. The molecule has 0 amide bonds. The van der Waals surface area contributed by atoms with E-state index in [2.05, 4.69) is 4.99 Å². The van der Waals surface area contributed by atoms with Gasteiger partial charge in [-0.25, -0.2) is 4.39 Å². The van der Waals surface area contributed by atoms with Crippen molar-refractivity contribution in [3.8, 4) is 0 Å². The van der Waals surface area contributed by atoms with Crippen molar-refractivity contribution in [2.75, 3.05) is 0 Å². The summed E-state index contributed by atoms with van der Waals surface area (Å²) < 4.78 is 13.5. The Hall–Kier alpha value is -0.600. The molecule has 0 aromatic heterocycles. The maximum Gasteiger partial charge on any atom is 0.130 e. The third kappa shape index (κ3) is 2.87. The van der Waals surface area contributed by atoms with E-state index in [1.807, 2.05) is 13.8 Å². The minimum absolute atomic E-state index is 0.294. The summed E-state index contributed by atoms with van der Waals surface area (Å²) in [6.45, 7) is 5.29. The first kappa shape index (κ1) is 10.4. The molecule has 0 spiro atoms. The van der Waals surface area contributed by atoms with Crippen molar-refractivity contribution in [1.29, 1.82) is 0 Å². The topological polar surface area (TPSA) is 38.4 Å². The largest absolute Gasteiger partial charge is 0.390 e. The van der Waals surface area contributed by atoms with Gasteiger partial charge in [-0.1, -0.05) is 13.8 Å². The van der Waals surface area contributed by atoms with E-state index in [9.17, 15) is 4.39 Å². The lowest BCUT2D eigenvalue weighted by molar-refractivity contribution is 0.141. The molecule has 2 N–H and O–H groups in total. The highest BCUT2D eigenvalue weighted by molar-refractivity contribution is 5.51. The van der Waals surface area contributed by atoms with Crippen LogP contribution in [-0.2, 0) is 0 Å². The predicted molar refractivity (Wildman–Crippen MR) is 46.6 cm³/mol. The third-order valence-electron chi connectivity index (χ3n) is 2.04. The number of hydrogen-bond acceptors (Lipinski definition) is 1. The summed E-state index contributed by atoms with van der Waals surface area (Å²) in [5.41, 5.74) is 3.88. The van der Waals surface area contributed by atoms with Crippen LogP contribution in [0.5, 0.6) is 0 Å². The molecule has 2 unspecified atom stereocenters. The third-order valence-corrected chi connectivity index (χ3v) is 2.04. The van der Waals surface area contributed by atoms with E-state index in [0.29, 0.717) is 12.8 Å². The lowest BCUT2D eigenvalue weighted by atomic mass is 9.94. The monoisotopic (exact) mass is 160 g/mol. The number of rotatable bonds is 4. The molecule has 11 heavy (non-hydrogen) atoms. The zero-order valence-corrected chi connectivity index (χ0v) is 7.47. The van der Waals surface area contributed by atoms with Crippen LogP contribution in [0, 0.1) is 0 Å². The van der Waals surface area contributed by atoms with Gasteiger partial charge in [0.2, 0.25) is 0 Å². The van der Waals surface area contributed by atoms with E-state index in [1.54, 1.807) is 6.92 Å². The molecule has 0 heterocycles. The van der Waals surface area contributed by atoms with Crippen LogP contribution in [0.3, 0.4) is 0 Å². The summed E-state index contributed by atoms with van der Waals surface area (Å²) in [6.07, 6.45) is 2.35. The van der Waals surface area contributed by atoms with E-state index in [0.717, 1.165) is 0 Å². The van der Waals surface area contributed by atoms with Crippen molar-refractivity contribution in [2.45, 2.75) is 45.3 Å². The molecule has 0 radical (unpaired) electrons. The Morgan fingerprint density at radius 3 is 2.45 bits per heavy atom. The molecule has 0 aliphatic rings. The molecule has 2 atom stereocenters. The summed E-state index contributed by atoms with van der Waals surface area (Å²) in [5.74, 6) is 0. The van der Waals surface area contributed by atoms with Crippen LogP contribution in [-0.4, -0.2) is 18.0 Å². The van der Waals surface area contributed by atoms with Gasteiger partial charge in [-0.15, -0.1) is 0 Å². The van der Waals surface area contributed by atoms with E-state index < -0.39 is 5.67 Å². The molecule has 0 aromatic rings. The van der Waals surface area contributed by atoms with Crippen LogP contribution in [0.2, 0.25) is 0 Å². The second kappa shape index (κ2) is 4.31. The number of nitrogens with two attached hydrogens (primary N) is 1. The molecule has 66 valence electrons. The van der Waals surface area contributed by atoms with Gasteiger partial charge in [0.15, 0.2) is 0 Å². The standard InChI is InChI=1S/C8H17FN2/c1-4-7(11-6-10)8(3,9)5-2/h6-7H,4-5H2,1-3H3,(H2,10,11). The first-order valence-electron chi connectivity index (χ1n) is 4.00. The quantitative estimate of drug-likeness (QED) is 0.495. The predicted octanol–water partition coefficient (Wildman–Crippen LogP) is 1.89. The minimum atomic E-state index is -1.22. The number of hydrogen-bond donors (Lipinski definition) is 1. The molecule has 0 aromatic carbocycles. The molecule has 3 heteroatoms. The lowest BCUT2D eigenvalue weighted by Crippen LogP contribution is -2.32. The fourth-order valence-electron chi connectivity index (χ4n) is 1.03. The molecular weight excluding hydrogens is 143 g/mol. The Bertz CT molecular complexity index is 132. The van der Waals surface area contributed by atoms with E-state index in [1.165, 1.54) is 6.34 Å². The second-order valence-corrected chi connectivity index (χ2v) is 2.85. The average molecular weight is 160 g/mol. The zero-order valence-electron chi connectivity index (χ0n) is 7.47. The van der Waals surface area contributed by atoms with Crippen LogP contribution < -0.4 is 5.73 Å². The molecule has 0 aliphatic heterocycles. The van der Waals surface area contributed by atoms with Gasteiger partial charge >= 0.3 is 0 Å². The summed E-state index contributed by atoms with van der Waals surface area (Å²) in [6, 6.07) is -0.294. The van der Waals surface area contributed by atoms with Crippen molar-refractivity contribution in [1.82, 2.24) is 0 Å². The van der Waals surface area contributed by atoms with Crippen LogP contribution >= 0.6 is 0 Å². The molecule has 2 nitrogen and oxygen atoms in total. The SMILES string of the molecule is CCC(N=CN)C(C)(F)CC. The summed E-state index contributed by atoms with van der Waals surface area (Å²) in [5, 5.41) is 0. The maximum atomic E-state index is 13.5. The molecule has 0 aliphatic carbocycles. The lowest BCUT2D eigenvalue weighted by Gasteiger charge is -2.24. The van der Waals surface area contributed by atoms with Crippen molar-refractivity contribution in [3.63, 3.8) is 0 Å². The van der Waals surface area contributed by atoms with Crippen molar-refractivity contribution >= 4 is 6.34 Å². The van der Waals surface area contributed by atoms with Gasteiger partial charge in [-0.2, -0.15) is 0 Å². The van der Waals surface area contributed by atoms with Crippen molar-refractivity contribution in [2.24, 2.45) is 10.7 Å². The first-order valence-corrected chi connectivity index (χ1v) is 4.00. The normalized spacial score (nSPS) is 20.0. The zero-order chi connectivity index (χ0) is 8.91. The van der Waals surface area contributed by atoms with Crippen LogP contribution in [0.15, 0.2) is 4.99 Å². The molecule has 0 fully saturated rings. The van der Waals surface area contributed by atoms with Gasteiger partial charge in [0.1, 0.15) is 5.67 Å². The Kier molecular flexibility index (Phi) is 4.08. The van der Waals surface area contributed by atoms with Crippen LogP contribution in [0.25, 0.3) is 0 Å². The van der Waals surface area contributed by atoms with Gasteiger partial charge in [0, 0.05) is 0 Å². The van der Waals surface area contributed by atoms with Gasteiger partial charge in [-0.3, -0.25) is 4.99 Å². The highest BCUT2D eigenvalue weighted by Gasteiger charge is 2.30. The molecular formula is C8H17FN2. The average Bonchev–Trinajstić information content (AvgIpc) is 2.00. The van der Waals surface area contributed by atoms with Gasteiger partial charge in [0.05, 0.1) is 12.4 Å². The molecule has 0 saturated heterocycles. The van der Waals surface area contributed by atoms with Gasteiger partial charge in [0.25, 0.3) is 0 Å². The van der Waals surface area contributed by atoms with E-state index in [4.69, 9.17) is 5.73 Å². The number of alkyl halides is 1. The van der Waals surface area contributed by atoms with Crippen molar-refractivity contribution < 1.29 is 4.39 Å². The van der Waals surface area contributed by atoms with E-state index in [-0.39, 0.29) is 6.04 Å². The summed E-state index contributed by atoms with van der Waals surface area (Å²) >= 11 is 0. The summed E-state index contributed by atoms with van der Waals surface area (Å²) in [4.78, 5) is 3.86. The Morgan fingerprint density at radius 1 is 1.64 bits per heavy atom. The maximum absolute atomic E-state index is 13.5. The van der Waals surface area contributed by atoms with Gasteiger partial charge in [-0.05, 0) is 19.8 Å². The number of halogens is 1. The fourth-order valence-corrected chi connectivity index (χ4v) is 1.03. The molecule has 0 bridgehead atoms. The first-order chi connectivity index (χ1) is 5.08. The Labute approximate surface area is 67.7 Å². The molecule has 0 rings (SSSR count). The Morgan fingerprint density at radius 2 is 2.18 bits per heavy atom. The minimum Gasteiger partial charge on any atom is -0.390 e. The number of aliphatic imine (C=N–C) groups is 1. The van der Waals surface area contributed by atoms with Crippen LogP contribution in [0.1, 0.15) is 33.6 Å². The fraction of sp³-hybridized carbons (Fsp3) is 0.875. The smallest absolute Gasteiger partial charge is 0.130 e. The van der Waals surface area contributed by atoms with Crippen LogP contribution in [0.4, 0.5) is 4.39 Å². The summed E-state index contributed by atoms with van der Waals surface area (Å²) in [7, 11) is 0. The van der Waals surface area contributed by atoms with Crippen molar-refractivity contribution in [3.05, 3.63) is 0 Å². The Balaban J connectivity index is 4.23. The number of nitrogens with zero attached hydrogens (tertiary/aromatic N) is 1. The second-order valence-electron chi connectivity index (χ2n) is 2.85. The van der Waals surface area contributed by atoms with E-state index >= 15 is 0 Å².